The average molecular weight is 416 g/mol. The Kier molecular flexibility index (Phi) is 7.57. The largest absolute Gasteiger partial charge is 0.495 e. The van der Waals surface area contributed by atoms with Crippen molar-refractivity contribution in [3.8, 4) is 5.75 Å². The van der Waals surface area contributed by atoms with Crippen molar-refractivity contribution in [1.29, 1.82) is 0 Å². The molecule has 0 saturated heterocycles. The number of anilines is 2. The minimum Gasteiger partial charge on any atom is -0.495 e. The molecule has 0 saturated carbocycles. The standard InChI is InChI=1S/C21H28N4O5/c1-6-7-12-25-18(26)11-9-15(24-25)19(27)22-14-8-10-17(29-5)16(13-14)23-20(28)30-21(2,3)4/h8-11,13H,6-7,12H2,1-5H3,(H,22,27)(H,23,28). The minimum absolute atomic E-state index is 0.114. The van der Waals surface area contributed by atoms with E-state index in [1.54, 1.807) is 39.0 Å². The van der Waals surface area contributed by atoms with Crippen molar-refractivity contribution in [2.24, 2.45) is 0 Å². The molecule has 1 aromatic heterocycles. The van der Waals surface area contributed by atoms with Gasteiger partial charge in [0.15, 0.2) is 0 Å². The maximum absolute atomic E-state index is 12.6. The number of aromatic nitrogens is 2. The molecule has 0 aliphatic heterocycles. The van der Waals surface area contributed by atoms with Crippen LogP contribution in [-0.4, -0.2) is 34.5 Å². The van der Waals surface area contributed by atoms with Crippen LogP contribution in [0.4, 0.5) is 16.2 Å². The summed E-state index contributed by atoms with van der Waals surface area (Å²) in [5.41, 5.74) is -0.0442. The first-order chi connectivity index (χ1) is 14.1. The third kappa shape index (κ3) is 6.61. The highest BCUT2D eigenvalue weighted by Crippen LogP contribution is 2.28. The van der Waals surface area contributed by atoms with Gasteiger partial charge in [-0.15, -0.1) is 0 Å². The Morgan fingerprint density at radius 1 is 1.13 bits per heavy atom. The molecule has 0 fully saturated rings. The number of carbonyl (C=O) groups is 2. The lowest BCUT2D eigenvalue weighted by Gasteiger charge is -2.20. The van der Waals surface area contributed by atoms with E-state index in [1.807, 2.05) is 6.92 Å². The van der Waals surface area contributed by atoms with Crippen molar-refractivity contribution in [2.45, 2.75) is 52.7 Å². The van der Waals surface area contributed by atoms with Crippen LogP contribution in [0.3, 0.4) is 0 Å². The Bertz CT molecular complexity index is 963. The van der Waals surface area contributed by atoms with Gasteiger partial charge in [-0.1, -0.05) is 13.3 Å². The van der Waals surface area contributed by atoms with Crippen LogP contribution in [0.2, 0.25) is 0 Å². The van der Waals surface area contributed by atoms with Crippen LogP contribution in [0.15, 0.2) is 35.1 Å². The summed E-state index contributed by atoms with van der Waals surface area (Å²) in [6, 6.07) is 7.49. The summed E-state index contributed by atoms with van der Waals surface area (Å²) in [7, 11) is 1.47. The van der Waals surface area contributed by atoms with Crippen molar-refractivity contribution in [2.75, 3.05) is 17.7 Å². The maximum atomic E-state index is 12.6. The van der Waals surface area contributed by atoms with Gasteiger partial charge in [0.1, 0.15) is 17.0 Å². The number of amides is 2. The molecule has 9 nitrogen and oxygen atoms in total. The molecule has 9 heteroatoms. The Morgan fingerprint density at radius 3 is 2.50 bits per heavy atom. The van der Waals surface area contributed by atoms with Crippen molar-refractivity contribution >= 4 is 23.4 Å². The van der Waals surface area contributed by atoms with Crippen molar-refractivity contribution in [1.82, 2.24) is 9.78 Å². The predicted molar refractivity (Wildman–Crippen MR) is 114 cm³/mol. The number of carbonyl (C=O) groups excluding carboxylic acids is 2. The number of ether oxygens (including phenoxy) is 2. The van der Waals surface area contributed by atoms with E-state index in [-0.39, 0.29) is 11.3 Å². The summed E-state index contributed by atoms with van der Waals surface area (Å²) in [5.74, 6) is -0.0706. The van der Waals surface area contributed by atoms with E-state index in [4.69, 9.17) is 9.47 Å². The number of hydrogen-bond acceptors (Lipinski definition) is 6. The van der Waals surface area contributed by atoms with Crippen molar-refractivity contribution < 1.29 is 19.1 Å². The minimum atomic E-state index is -0.657. The van der Waals surface area contributed by atoms with E-state index in [9.17, 15) is 14.4 Å². The number of benzene rings is 1. The fourth-order valence-electron chi connectivity index (χ4n) is 2.53. The fourth-order valence-corrected chi connectivity index (χ4v) is 2.53. The summed E-state index contributed by atoms with van der Waals surface area (Å²) in [4.78, 5) is 36.6. The monoisotopic (exact) mass is 416 g/mol. The number of nitrogens with zero attached hydrogens (tertiary/aromatic N) is 2. The average Bonchev–Trinajstić information content (AvgIpc) is 2.66. The van der Waals surface area contributed by atoms with E-state index in [0.717, 1.165) is 12.8 Å². The molecule has 30 heavy (non-hydrogen) atoms. The normalized spacial score (nSPS) is 11.0. The van der Waals surface area contributed by atoms with Gasteiger partial charge in [0.2, 0.25) is 0 Å². The first-order valence-electron chi connectivity index (χ1n) is 9.70. The molecule has 2 amide bonds. The zero-order valence-electron chi connectivity index (χ0n) is 17.9. The van der Waals surface area contributed by atoms with Crippen LogP contribution in [-0.2, 0) is 11.3 Å². The number of methoxy groups -OCH3 is 1. The molecule has 162 valence electrons. The van der Waals surface area contributed by atoms with Crippen LogP contribution in [0, 0.1) is 0 Å². The molecule has 2 rings (SSSR count). The lowest BCUT2D eigenvalue weighted by molar-refractivity contribution is 0.0635. The summed E-state index contributed by atoms with van der Waals surface area (Å²) in [5, 5.41) is 9.45. The van der Waals surface area contributed by atoms with Crippen LogP contribution in [0.25, 0.3) is 0 Å². The Balaban J connectivity index is 2.19. The van der Waals surface area contributed by atoms with Gasteiger partial charge in [-0.05, 0) is 51.5 Å². The quantitative estimate of drug-likeness (QED) is 0.713. The van der Waals surface area contributed by atoms with Gasteiger partial charge < -0.3 is 14.8 Å². The highest BCUT2D eigenvalue weighted by molar-refractivity contribution is 6.03. The van der Waals surface area contributed by atoms with Gasteiger partial charge in [0.05, 0.1) is 12.8 Å². The number of hydrogen-bond donors (Lipinski definition) is 2. The van der Waals surface area contributed by atoms with Crippen LogP contribution in [0.1, 0.15) is 51.0 Å². The second kappa shape index (κ2) is 9.91. The smallest absolute Gasteiger partial charge is 0.412 e. The van der Waals surface area contributed by atoms with Crippen LogP contribution >= 0.6 is 0 Å². The zero-order chi connectivity index (χ0) is 22.3. The van der Waals surface area contributed by atoms with Crippen LogP contribution in [0.5, 0.6) is 5.75 Å². The lowest BCUT2D eigenvalue weighted by atomic mass is 10.2. The number of unbranched alkanes of at least 4 members (excludes halogenated alkanes) is 1. The zero-order valence-corrected chi connectivity index (χ0v) is 17.9. The van der Waals surface area contributed by atoms with E-state index in [1.165, 1.54) is 23.9 Å². The highest BCUT2D eigenvalue weighted by Gasteiger charge is 2.18. The lowest BCUT2D eigenvalue weighted by Crippen LogP contribution is -2.27. The molecule has 0 aliphatic rings. The molecule has 0 spiro atoms. The molecule has 2 aromatic rings. The van der Waals surface area contributed by atoms with Gasteiger partial charge in [0, 0.05) is 18.3 Å². The third-order valence-electron chi connectivity index (χ3n) is 3.92. The molecule has 0 unspecified atom stereocenters. The molecule has 0 aliphatic carbocycles. The number of nitrogens with one attached hydrogen (secondary N) is 2. The Labute approximate surface area is 175 Å². The van der Waals surface area contributed by atoms with Gasteiger partial charge in [0.25, 0.3) is 11.5 Å². The topological polar surface area (TPSA) is 112 Å². The molecule has 2 N–H and O–H groups in total. The van der Waals surface area contributed by atoms with Gasteiger partial charge in [-0.2, -0.15) is 5.10 Å². The summed E-state index contributed by atoms with van der Waals surface area (Å²) in [6.45, 7) is 7.73. The molecule has 0 radical (unpaired) electrons. The summed E-state index contributed by atoms with van der Waals surface area (Å²) in [6.07, 6.45) is 1.05. The molecule has 1 aromatic carbocycles. The maximum Gasteiger partial charge on any atom is 0.412 e. The molecule has 0 atom stereocenters. The van der Waals surface area contributed by atoms with E-state index < -0.39 is 17.6 Å². The molecular weight excluding hydrogens is 388 g/mol. The molecular formula is C21H28N4O5. The summed E-state index contributed by atoms with van der Waals surface area (Å²) >= 11 is 0. The van der Waals surface area contributed by atoms with E-state index in [0.29, 0.717) is 23.7 Å². The number of rotatable bonds is 7. The second-order valence-electron chi connectivity index (χ2n) is 7.63. The van der Waals surface area contributed by atoms with E-state index in [2.05, 4.69) is 15.7 Å². The SMILES string of the molecule is CCCCn1nc(C(=O)Nc2ccc(OC)c(NC(=O)OC(C)(C)C)c2)ccc1=O. The third-order valence-corrected chi connectivity index (χ3v) is 3.92. The summed E-state index contributed by atoms with van der Waals surface area (Å²) < 4.78 is 11.8. The molecule has 1 heterocycles. The number of aryl methyl sites for hydroxylation is 1. The Hall–Kier alpha value is -3.36. The van der Waals surface area contributed by atoms with Crippen LogP contribution < -0.4 is 20.9 Å². The van der Waals surface area contributed by atoms with Gasteiger partial charge in [-0.25, -0.2) is 9.48 Å². The molecule has 0 bridgehead atoms. The first kappa shape index (κ1) is 22.9. The second-order valence-corrected chi connectivity index (χ2v) is 7.63. The Morgan fingerprint density at radius 2 is 1.87 bits per heavy atom. The van der Waals surface area contributed by atoms with Gasteiger partial charge in [-0.3, -0.25) is 14.9 Å². The predicted octanol–water partition coefficient (Wildman–Crippen LogP) is 3.65. The fraction of sp³-hybridized carbons (Fsp3) is 0.429. The van der Waals surface area contributed by atoms with Gasteiger partial charge >= 0.3 is 6.09 Å². The van der Waals surface area contributed by atoms with E-state index >= 15 is 0 Å². The highest BCUT2D eigenvalue weighted by atomic mass is 16.6. The van der Waals surface area contributed by atoms with Crippen molar-refractivity contribution in [3.63, 3.8) is 0 Å². The first-order valence-corrected chi connectivity index (χ1v) is 9.70. The van der Waals surface area contributed by atoms with Crippen molar-refractivity contribution in [3.05, 3.63) is 46.4 Å².